The Hall–Kier alpha value is -2.06. The largest absolute Gasteiger partial charge is 0.287 e. The first-order valence-electron chi connectivity index (χ1n) is 6.46. The van der Waals surface area contributed by atoms with Crippen LogP contribution in [0.25, 0.3) is 11.3 Å². The van der Waals surface area contributed by atoms with E-state index in [-0.39, 0.29) is 11.1 Å². The summed E-state index contributed by atoms with van der Waals surface area (Å²) in [7, 11) is 0. The van der Waals surface area contributed by atoms with E-state index in [1.165, 1.54) is 11.8 Å². The summed E-state index contributed by atoms with van der Waals surface area (Å²) >= 11 is 1.51. The van der Waals surface area contributed by atoms with Gasteiger partial charge in [0, 0.05) is 12.1 Å². The van der Waals surface area contributed by atoms with Crippen LogP contribution in [0.1, 0.15) is 19.4 Å². The summed E-state index contributed by atoms with van der Waals surface area (Å²) in [6.45, 7) is 4.40. The molecule has 4 nitrogen and oxygen atoms in total. The number of nitrogens with zero attached hydrogens (tertiary/aromatic N) is 3. The van der Waals surface area contributed by atoms with Crippen LogP contribution in [-0.2, 0) is 6.54 Å². The zero-order chi connectivity index (χ0) is 14.5. The molecule has 0 N–H and O–H groups in total. The third-order valence-corrected chi connectivity index (χ3v) is 3.74. The summed E-state index contributed by atoms with van der Waals surface area (Å²) in [6.07, 6.45) is 0. The standard InChI is InChI=1S/C15H15N3OS/c1-3-18-14(19)12(10-16)13(17-15(18)20-4-2)11-8-6-5-7-9-11/h5-9H,3-4H2,1-2H3. The van der Waals surface area contributed by atoms with E-state index in [4.69, 9.17) is 0 Å². The molecular weight excluding hydrogens is 270 g/mol. The van der Waals surface area contributed by atoms with Crippen molar-refractivity contribution >= 4 is 11.8 Å². The van der Waals surface area contributed by atoms with Crippen LogP contribution in [0.2, 0.25) is 0 Å². The van der Waals surface area contributed by atoms with E-state index >= 15 is 0 Å². The Morgan fingerprint density at radius 3 is 2.55 bits per heavy atom. The molecule has 1 aromatic carbocycles. The van der Waals surface area contributed by atoms with Gasteiger partial charge in [-0.25, -0.2) is 4.98 Å². The Morgan fingerprint density at radius 2 is 2.00 bits per heavy atom. The quantitative estimate of drug-likeness (QED) is 0.640. The Kier molecular flexibility index (Phi) is 4.59. The van der Waals surface area contributed by atoms with E-state index in [9.17, 15) is 10.1 Å². The molecule has 0 aliphatic carbocycles. The molecule has 102 valence electrons. The second-order valence-corrected chi connectivity index (χ2v) is 5.31. The first-order chi connectivity index (χ1) is 9.72. The topological polar surface area (TPSA) is 58.7 Å². The monoisotopic (exact) mass is 285 g/mol. The molecule has 0 unspecified atom stereocenters. The molecule has 0 aliphatic rings. The Morgan fingerprint density at radius 1 is 1.30 bits per heavy atom. The molecule has 0 aliphatic heterocycles. The number of rotatable bonds is 4. The van der Waals surface area contributed by atoms with Crippen molar-refractivity contribution in [1.82, 2.24) is 9.55 Å². The molecule has 0 spiro atoms. The highest BCUT2D eigenvalue weighted by atomic mass is 32.2. The van der Waals surface area contributed by atoms with Crippen LogP contribution in [0.4, 0.5) is 0 Å². The molecule has 5 heteroatoms. The molecule has 2 aromatic rings. The van der Waals surface area contributed by atoms with Crippen LogP contribution in [-0.4, -0.2) is 15.3 Å². The van der Waals surface area contributed by atoms with Gasteiger partial charge in [-0.1, -0.05) is 49.0 Å². The molecule has 0 saturated carbocycles. The lowest BCUT2D eigenvalue weighted by Gasteiger charge is -2.12. The van der Waals surface area contributed by atoms with Gasteiger partial charge in [-0.05, 0) is 12.7 Å². The molecule has 1 aromatic heterocycles. The first-order valence-corrected chi connectivity index (χ1v) is 7.44. The third-order valence-electron chi connectivity index (χ3n) is 2.88. The van der Waals surface area contributed by atoms with Gasteiger partial charge in [0.15, 0.2) is 5.16 Å². The van der Waals surface area contributed by atoms with Gasteiger partial charge in [-0.3, -0.25) is 9.36 Å². The van der Waals surface area contributed by atoms with Crippen molar-refractivity contribution in [3.8, 4) is 17.3 Å². The van der Waals surface area contributed by atoms with Crippen LogP contribution in [0.5, 0.6) is 0 Å². The minimum atomic E-state index is -0.264. The zero-order valence-corrected chi connectivity index (χ0v) is 12.3. The maximum atomic E-state index is 12.4. The molecule has 1 heterocycles. The highest BCUT2D eigenvalue weighted by molar-refractivity contribution is 7.99. The summed E-state index contributed by atoms with van der Waals surface area (Å²) in [5.41, 5.74) is 1.11. The highest BCUT2D eigenvalue weighted by Crippen LogP contribution is 2.23. The molecule has 0 radical (unpaired) electrons. The lowest BCUT2D eigenvalue weighted by atomic mass is 10.1. The van der Waals surface area contributed by atoms with E-state index in [1.54, 1.807) is 4.57 Å². The van der Waals surface area contributed by atoms with Crippen molar-refractivity contribution in [2.24, 2.45) is 0 Å². The molecule has 0 amide bonds. The number of nitriles is 1. The van der Waals surface area contributed by atoms with Gasteiger partial charge in [0.1, 0.15) is 11.6 Å². The van der Waals surface area contributed by atoms with Crippen molar-refractivity contribution in [3.05, 3.63) is 46.2 Å². The predicted molar refractivity (Wildman–Crippen MR) is 80.7 cm³/mol. The first kappa shape index (κ1) is 14.4. The minimum absolute atomic E-state index is 0.110. The van der Waals surface area contributed by atoms with Gasteiger partial charge in [0.25, 0.3) is 5.56 Å². The summed E-state index contributed by atoms with van der Waals surface area (Å²) in [5.74, 6) is 0.826. The number of thioether (sulfide) groups is 1. The van der Waals surface area contributed by atoms with E-state index in [2.05, 4.69) is 4.98 Å². The lowest BCUT2D eigenvalue weighted by molar-refractivity contribution is 0.622. The number of hydrogen-bond donors (Lipinski definition) is 0. The molecule has 20 heavy (non-hydrogen) atoms. The van der Waals surface area contributed by atoms with Crippen LogP contribution in [0.15, 0.2) is 40.3 Å². The SMILES string of the molecule is CCSc1nc(-c2ccccc2)c(C#N)c(=O)n1CC. The smallest absolute Gasteiger partial charge is 0.272 e. The molecule has 0 bridgehead atoms. The average Bonchev–Trinajstić information content (AvgIpc) is 2.48. The van der Waals surface area contributed by atoms with Crippen LogP contribution < -0.4 is 5.56 Å². The lowest BCUT2D eigenvalue weighted by Crippen LogP contribution is -2.25. The van der Waals surface area contributed by atoms with Crippen LogP contribution >= 0.6 is 11.8 Å². The van der Waals surface area contributed by atoms with Crippen molar-refractivity contribution in [2.75, 3.05) is 5.75 Å². The normalized spacial score (nSPS) is 10.2. The number of hydrogen-bond acceptors (Lipinski definition) is 4. The summed E-state index contributed by atoms with van der Waals surface area (Å²) in [4.78, 5) is 16.9. The molecule has 0 atom stereocenters. The van der Waals surface area contributed by atoms with Gasteiger partial charge in [-0.15, -0.1) is 0 Å². The fourth-order valence-corrected chi connectivity index (χ4v) is 2.74. The maximum absolute atomic E-state index is 12.4. The Bertz CT molecular complexity index is 702. The predicted octanol–water partition coefficient (Wildman–Crippen LogP) is 2.91. The molecule has 0 fully saturated rings. The zero-order valence-electron chi connectivity index (χ0n) is 11.5. The fraction of sp³-hybridized carbons (Fsp3) is 0.267. The van der Waals surface area contributed by atoms with Crippen molar-refractivity contribution in [2.45, 2.75) is 25.5 Å². The number of aromatic nitrogens is 2. The van der Waals surface area contributed by atoms with Gasteiger partial charge < -0.3 is 0 Å². The Labute approximate surface area is 122 Å². The highest BCUT2D eigenvalue weighted by Gasteiger charge is 2.16. The molecule has 0 saturated heterocycles. The van der Waals surface area contributed by atoms with Crippen molar-refractivity contribution in [3.63, 3.8) is 0 Å². The Balaban J connectivity index is 2.75. The average molecular weight is 285 g/mol. The van der Waals surface area contributed by atoms with Crippen molar-refractivity contribution < 1.29 is 0 Å². The van der Waals surface area contributed by atoms with E-state index < -0.39 is 0 Å². The summed E-state index contributed by atoms with van der Waals surface area (Å²) in [5, 5.41) is 9.96. The molecule has 2 rings (SSSR count). The van der Waals surface area contributed by atoms with Crippen LogP contribution in [0, 0.1) is 11.3 Å². The fourth-order valence-electron chi connectivity index (χ4n) is 1.96. The second kappa shape index (κ2) is 6.40. The molecular formula is C15H15N3OS. The second-order valence-electron chi connectivity index (χ2n) is 4.08. The van der Waals surface area contributed by atoms with Gasteiger partial charge in [-0.2, -0.15) is 5.26 Å². The van der Waals surface area contributed by atoms with E-state index in [0.29, 0.717) is 17.4 Å². The number of benzene rings is 1. The minimum Gasteiger partial charge on any atom is -0.287 e. The maximum Gasteiger partial charge on any atom is 0.272 e. The third kappa shape index (κ3) is 2.61. The van der Waals surface area contributed by atoms with Gasteiger partial charge in [0.05, 0.1) is 5.69 Å². The van der Waals surface area contributed by atoms with Crippen LogP contribution in [0.3, 0.4) is 0 Å². The van der Waals surface area contributed by atoms with E-state index in [0.717, 1.165) is 11.3 Å². The van der Waals surface area contributed by atoms with Crippen molar-refractivity contribution in [1.29, 1.82) is 5.26 Å². The van der Waals surface area contributed by atoms with Gasteiger partial charge >= 0.3 is 0 Å². The van der Waals surface area contributed by atoms with Gasteiger partial charge in [0.2, 0.25) is 0 Å². The summed E-state index contributed by atoms with van der Waals surface area (Å²) < 4.78 is 1.55. The summed E-state index contributed by atoms with van der Waals surface area (Å²) in [6, 6.07) is 11.4. The van der Waals surface area contributed by atoms with E-state index in [1.807, 2.05) is 50.2 Å².